The molecular formula is C13H19N3OS. The van der Waals surface area contributed by atoms with Gasteiger partial charge < -0.3 is 9.73 Å². The van der Waals surface area contributed by atoms with E-state index in [1.54, 1.807) is 11.3 Å². The summed E-state index contributed by atoms with van der Waals surface area (Å²) in [5.74, 6) is 2.46. The van der Waals surface area contributed by atoms with Gasteiger partial charge in [0.2, 0.25) is 5.13 Å². The van der Waals surface area contributed by atoms with Crippen molar-refractivity contribution in [2.75, 3.05) is 5.32 Å². The van der Waals surface area contributed by atoms with Crippen molar-refractivity contribution in [3.05, 3.63) is 28.7 Å². The van der Waals surface area contributed by atoms with Crippen molar-refractivity contribution in [1.82, 2.24) is 10.2 Å². The quantitative estimate of drug-likeness (QED) is 0.893. The van der Waals surface area contributed by atoms with Gasteiger partial charge in [-0.2, -0.15) is 0 Å². The van der Waals surface area contributed by atoms with Crippen LogP contribution < -0.4 is 5.32 Å². The van der Waals surface area contributed by atoms with Gasteiger partial charge in [-0.15, -0.1) is 10.2 Å². The Labute approximate surface area is 111 Å². The summed E-state index contributed by atoms with van der Waals surface area (Å²) in [6.07, 6.45) is 0.980. The molecule has 2 aromatic rings. The van der Waals surface area contributed by atoms with Crippen molar-refractivity contribution >= 4 is 16.5 Å². The normalized spacial score (nSPS) is 12.9. The van der Waals surface area contributed by atoms with Crippen LogP contribution in [0.15, 0.2) is 16.5 Å². The summed E-state index contributed by atoms with van der Waals surface area (Å²) >= 11 is 1.62. The lowest BCUT2D eigenvalue weighted by Gasteiger charge is -2.08. The zero-order valence-electron chi connectivity index (χ0n) is 11.2. The molecule has 1 atom stereocenters. The van der Waals surface area contributed by atoms with Crippen LogP contribution in [0, 0.1) is 12.8 Å². The van der Waals surface area contributed by atoms with E-state index in [9.17, 15) is 0 Å². The summed E-state index contributed by atoms with van der Waals surface area (Å²) in [5.41, 5.74) is 0. The van der Waals surface area contributed by atoms with E-state index in [-0.39, 0.29) is 6.04 Å². The SMILES string of the molecule is Cc1ccc(C(C)Nc2nnc(CC(C)C)s2)o1. The maximum atomic E-state index is 5.58. The molecule has 0 spiro atoms. The van der Waals surface area contributed by atoms with Gasteiger partial charge in [0.05, 0.1) is 6.04 Å². The topological polar surface area (TPSA) is 51.0 Å². The number of furan rings is 1. The highest BCUT2D eigenvalue weighted by atomic mass is 32.1. The minimum atomic E-state index is 0.110. The molecule has 0 saturated carbocycles. The third-order valence-corrected chi connectivity index (χ3v) is 3.45. The summed E-state index contributed by atoms with van der Waals surface area (Å²) in [7, 11) is 0. The van der Waals surface area contributed by atoms with Crippen molar-refractivity contribution < 1.29 is 4.42 Å². The fraction of sp³-hybridized carbons (Fsp3) is 0.538. The number of hydrogen-bond acceptors (Lipinski definition) is 5. The van der Waals surface area contributed by atoms with E-state index in [4.69, 9.17) is 4.42 Å². The van der Waals surface area contributed by atoms with Crippen LogP contribution in [-0.2, 0) is 6.42 Å². The lowest BCUT2D eigenvalue weighted by molar-refractivity contribution is 0.466. The zero-order valence-corrected chi connectivity index (χ0v) is 12.0. The number of nitrogens with one attached hydrogen (secondary N) is 1. The molecule has 4 nitrogen and oxygen atoms in total. The van der Waals surface area contributed by atoms with E-state index < -0.39 is 0 Å². The van der Waals surface area contributed by atoms with Gasteiger partial charge in [0.15, 0.2) is 0 Å². The largest absolute Gasteiger partial charge is 0.464 e. The van der Waals surface area contributed by atoms with Crippen molar-refractivity contribution in [3.63, 3.8) is 0 Å². The van der Waals surface area contributed by atoms with Gasteiger partial charge >= 0.3 is 0 Å². The van der Waals surface area contributed by atoms with E-state index in [0.717, 1.165) is 28.1 Å². The number of anilines is 1. The first-order valence-electron chi connectivity index (χ1n) is 6.20. The first kappa shape index (κ1) is 13.1. The van der Waals surface area contributed by atoms with E-state index in [0.29, 0.717) is 5.92 Å². The molecule has 98 valence electrons. The van der Waals surface area contributed by atoms with Crippen molar-refractivity contribution in [2.24, 2.45) is 5.92 Å². The molecule has 0 fully saturated rings. The van der Waals surface area contributed by atoms with E-state index >= 15 is 0 Å². The molecule has 0 aliphatic carbocycles. The Bertz CT molecular complexity index is 504. The lowest BCUT2D eigenvalue weighted by Crippen LogP contribution is -2.05. The Hall–Kier alpha value is -1.36. The minimum absolute atomic E-state index is 0.110. The Morgan fingerprint density at radius 3 is 2.67 bits per heavy atom. The molecule has 0 aliphatic heterocycles. The number of nitrogens with zero attached hydrogens (tertiary/aromatic N) is 2. The van der Waals surface area contributed by atoms with Crippen LogP contribution in [0.5, 0.6) is 0 Å². The van der Waals surface area contributed by atoms with E-state index in [1.807, 2.05) is 19.1 Å². The van der Waals surface area contributed by atoms with Gasteiger partial charge in [-0.05, 0) is 31.9 Å². The fourth-order valence-corrected chi connectivity index (χ4v) is 2.73. The Balaban J connectivity index is 1.98. The highest BCUT2D eigenvalue weighted by molar-refractivity contribution is 7.15. The van der Waals surface area contributed by atoms with Crippen LogP contribution in [-0.4, -0.2) is 10.2 Å². The molecule has 0 bridgehead atoms. The number of aryl methyl sites for hydroxylation is 1. The summed E-state index contributed by atoms with van der Waals surface area (Å²) in [5, 5.41) is 13.6. The van der Waals surface area contributed by atoms with Gasteiger partial charge in [-0.1, -0.05) is 25.2 Å². The maximum Gasteiger partial charge on any atom is 0.206 e. The smallest absolute Gasteiger partial charge is 0.206 e. The molecular weight excluding hydrogens is 246 g/mol. The first-order chi connectivity index (χ1) is 8.54. The van der Waals surface area contributed by atoms with Gasteiger partial charge in [-0.25, -0.2) is 0 Å². The second-order valence-corrected chi connectivity index (χ2v) is 5.98. The molecule has 0 amide bonds. The van der Waals surface area contributed by atoms with Crippen molar-refractivity contribution in [1.29, 1.82) is 0 Å². The molecule has 0 saturated heterocycles. The zero-order chi connectivity index (χ0) is 13.1. The Morgan fingerprint density at radius 2 is 2.06 bits per heavy atom. The van der Waals surface area contributed by atoms with E-state index in [1.165, 1.54) is 0 Å². The second kappa shape index (κ2) is 5.52. The number of hydrogen-bond donors (Lipinski definition) is 1. The number of rotatable bonds is 5. The molecule has 2 rings (SSSR count). The predicted octanol–water partition coefficient (Wildman–Crippen LogP) is 3.81. The Morgan fingerprint density at radius 1 is 1.28 bits per heavy atom. The molecule has 0 radical (unpaired) electrons. The van der Waals surface area contributed by atoms with Gasteiger partial charge in [0.25, 0.3) is 0 Å². The third kappa shape index (κ3) is 3.32. The molecule has 5 heteroatoms. The molecule has 1 N–H and O–H groups in total. The lowest BCUT2D eigenvalue weighted by atomic mass is 10.1. The van der Waals surface area contributed by atoms with Crippen LogP contribution in [0.1, 0.15) is 43.3 Å². The molecule has 0 aliphatic rings. The molecule has 2 aromatic heterocycles. The first-order valence-corrected chi connectivity index (χ1v) is 7.01. The fourth-order valence-electron chi connectivity index (χ4n) is 1.69. The summed E-state index contributed by atoms with van der Waals surface area (Å²) in [6, 6.07) is 4.07. The summed E-state index contributed by atoms with van der Waals surface area (Å²) < 4.78 is 5.58. The minimum Gasteiger partial charge on any atom is -0.464 e. The number of aromatic nitrogens is 2. The van der Waals surface area contributed by atoms with Crippen LogP contribution in [0.2, 0.25) is 0 Å². The second-order valence-electron chi connectivity index (χ2n) is 4.91. The van der Waals surface area contributed by atoms with Gasteiger partial charge in [0, 0.05) is 6.42 Å². The monoisotopic (exact) mass is 265 g/mol. The average Bonchev–Trinajstić information content (AvgIpc) is 2.87. The molecule has 0 aromatic carbocycles. The van der Waals surface area contributed by atoms with Crippen molar-refractivity contribution in [3.8, 4) is 0 Å². The van der Waals surface area contributed by atoms with Crippen LogP contribution in [0.25, 0.3) is 0 Å². The molecule has 2 heterocycles. The van der Waals surface area contributed by atoms with Crippen LogP contribution in [0.3, 0.4) is 0 Å². The van der Waals surface area contributed by atoms with Crippen LogP contribution in [0.4, 0.5) is 5.13 Å². The standard InChI is InChI=1S/C13H19N3OS/c1-8(2)7-12-15-16-13(18-12)14-10(4)11-6-5-9(3)17-11/h5-6,8,10H,7H2,1-4H3,(H,14,16). The highest BCUT2D eigenvalue weighted by Gasteiger charge is 2.12. The summed E-state index contributed by atoms with van der Waals surface area (Å²) in [4.78, 5) is 0. The van der Waals surface area contributed by atoms with E-state index in [2.05, 4.69) is 36.3 Å². The predicted molar refractivity (Wildman–Crippen MR) is 73.9 cm³/mol. The summed E-state index contributed by atoms with van der Waals surface area (Å²) in [6.45, 7) is 8.37. The van der Waals surface area contributed by atoms with Gasteiger partial charge in [-0.3, -0.25) is 0 Å². The Kier molecular flexibility index (Phi) is 4.01. The third-order valence-electron chi connectivity index (χ3n) is 2.58. The van der Waals surface area contributed by atoms with Gasteiger partial charge in [0.1, 0.15) is 16.5 Å². The maximum absolute atomic E-state index is 5.58. The average molecular weight is 265 g/mol. The molecule has 18 heavy (non-hydrogen) atoms. The van der Waals surface area contributed by atoms with Crippen molar-refractivity contribution in [2.45, 2.75) is 40.2 Å². The highest BCUT2D eigenvalue weighted by Crippen LogP contribution is 2.24. The van der Waals surface area contributed by atoms with Crippen LogP contribution >= 0.6 is 11.3 Å². The molecule has 1 unspecified atom stereocenters.